The van der Waals surface area contributed by atoms with Crippen molar-refractivity contribution in [2.75, 3.05) is 32.9 Å². The Morgan fingerprint density at radius 1 is 0.759 bits per heavy atom. The lowest BCUT2D eigenvalue weighted by molar-refractivity contribution is -0.266. The highest BCUT2D eigenvalue weighted by atomic mass is 17.3. The molecule has 0 amide bonds. The van der Waals surface area contributed by atoms with Crippen LogP contribution in [-0.4, -0.2) is 50.9 Å². The number of rotatable bonds is 2. The van der Waals surface area contributed by atoms with Gasteiger partial charge in [-0.15, -0.1) is 0 Å². The fourth-order valence-corrected chi connectivity index (χ4v) is 6.45. The maximum atomic E-state index is 5.61. The Bertz CT molecular complexity index is 618. The van der Waals surface area contributed by atoms with Crippen molar-refractivity contribution in [3.8, 4) is 0 Å². The van der Waals surface area contributed by atoms with Gasteiger partial charge in [-0.1, -0.05) is 5.16 Å². The molecule has 0 aromatic rings. The van der Waals surface area contributed by atoms with Crippen molar-refractivity contribution in [3.05, 3.63) is 0 Å². The Balaban J connectivity index is 0.000000102. The van der Waals surface area contributed by atoms with Crippen LogP contribution >= 0.6 is 0 Å². The monoisotopic (exact) mass is 403 g/mol. The van der Waals surface area contributed by atoms with Crippen molar-refractivity contribution in [1.82, 2.24) is 0 Å². The van der Waals surface area contributed by atoms with Crippen LogP contribution in [-0.2, 0) is 19.3 Å². The summed E-state index contributed by atoms with van der Waals surface area (Å²) in [4.78, 5) is 17.2. The van der Waals surface area contributed by atoms with E-state index in [9.17, 15) is 0 Å². The van der Waals surface area contributed by atoms with Gasteiger partial charge in [-0.3, -0.25) is 9.98 Å². The van der Waals surface area contributed by atoms with E-state index in [2.05, 4.69) is 25.0 Å². The van der Waals surface area contributed by atoms with E-state index in [0.29, 0.717) is 17.4 Å². The van der Waals surface area contributed by atoms with Gasteiger partial charge in [0.15, 0.2) is 11.8 Å². The van der Waals surface area contributed by atoms with Gasteiger partial charge < -0.3 is 9.47 Å². The fraction of sp³-hybridized carbons (Fsp3) is 0.864. The van der Waals surface area contributed by atoms with E-state index in [-0.39, 0.29) is 0 Å². The molecule has 3 heterocycles. The van der Waals surface area contributed by atoms with E-state index in [0.717, 1.165) is 49.9 Å². The molecule has 3 aliphatic heterocycles. The average Bonchev–Trinajstić information content (AvgIpc) is 3.64. The molecule has 0 spiro atoms. The second-order valence-electron chi connectivity index (χ2n) is 9.57. The molecular weight excluding hydrogens is 370 g/mol. The molecule has 29 heavy (non-hydrogen) atoms. The zero-order chi connectivity index (χ0) is 19.6. The lowest BCUT2D eigenvalue weighted by atomic mass is 9.84. The van der Waals surface area contributed by atoms with Gasteiger partial charge in [0.2, 0.25) is 0 Å². The summed E-state index contributed by atoms with van der Waals surface area (Å²) in [5.41, 5.74) is 0.836. The number of hydrogen-bond acceptors (Lipinski definition) is 7. The van der Waals surface area contributed by atoms with Crippen molar-refractivity contribution < 1.29 is 19.3 Å². The summed E-state index contributed by atoms with van der Waals surface area (Å²) >= 11 is 0. The molecule has 4 fully saturated rings. The molecule has 4 bridgehead atoms. The number of fused-ring (bicyclic) bond motifs is 4. The van der Waals surface area contributed by atoms with Crippen molar-refractivity contribution >= 4 is 18.0 Å². The second-order valence-corrected chi connectivity index (χ2v) is 9.57. The highest BCUT2D eigenvalue weighted by Gasteiger charge is 2.51. The minimum absolute atomic E-state index is 0.418. The summed E-state index contributed by atoms with van der Waals surface area (Å²) in [5.74, 6) is 4.22. The van der Waals surface area contributed by atoms with Gasteiger partial charge in [-0.05, 0) is 76.0 Å². The van der Waals surface area contributed by atoms with E-state index in [1.807, 2.05) is 0 Å². The van der Waals surface area contributed by atoms with Crippen LogP contribution in [0.15, 0.2) is 15.1 Å². The van der Waals surface area contributed by atoms with E-state index < -0.39 is 0 Å². The zero-order valence-electron chi connectivity index (χ0n) is 17.3. The highest BCUT2D eigenvalue weighted by Crippen LogP contribution is 2.56. The fourth-order valence-electron chi connectivity index (χ4n) is 6.45. The number of aliphatic imine (C=N–C) groups is 2. The van der Waals surface area contributed by atoms with Gasteiger partial charge in [-0.25, -0.2) is 4.99 Å². The molecule has 0 radical (unpaired) electrons. The molecule has 7 nitrogen and oxygen atoms in total. The third-order valence-electron chi connectivity index (χ3n) is 7.87. The van der Waals surface area contributed by atoms with Crippen LogP contribution in [0.1, 0.15) is 64.2 Å². The first-order valence-electron chi connectivity index (χ1n) is 11.4. The first-order valence-corrected chi connectivity index (χ1v) is 11.4. The van der Waals surface area contributed by atoms with Crippen LogP contribution in [0.4, 0.5) is 0 Å². The predicted molar refractivity (Wildman–Crippen MR) is 110 cm³/mol. The largest absolute Gasteiger partial charge is 0.479 e. The van der Waals surface area contributed by atoms with Crippen molar-refractivity contribution in [1.29, 1.82) is 0 Å². The molecule has 7 heteroatoms. The van der Waals surface area contributed by atoms with E-state index >= 15 is 0 Å². The molecule has 0 aromatic carbocycles. The maximum Gasteiger partial charge on any atom is 0.189 e. The first-order chi connectivity index (χ1) is 14.3. The normalized spacial score (nSPS) is 40.3. The lowest BCUT2D eigenvalue weighted by Crippen LogP contribution is -2.26. The zero-order valence-corrected chi connectivity index (χ0v) is 17.3. The topological polar surface area (TPSA) is 74.0 Å². The van der Waals surface area contributed by atoms with Crippen LogP contribution in [0.2, 0.25) is 0 Å². The third kappa shape index (κ3) is 3.90. The number of ether oxygens (including phenoxy) is 2. The molecular formula is C22H33N3O4. The van der Waals surface area contributed by atoms with E-state index in [1.54, 1.807) is 6.21 Å². The summed E-state index contributed by atoms with van der Waals surface area (Å²) in [6.45, 7) is 3.97. The summed E-state index contributed by atoms with van der Waals surface area (Å²) in [7, 11) is 0. The Labute approximate surface area is 172 Å². The molecule has 0 atom stereocenters. The number of oxime groups is 1. The van der Waals surface area contributed by atoms with Crippen LogP contribution in [0.3, 0.4) is 0 Å². The Morgan fingerprint density at radius 2 is 1.28 bits per heavy atom. The van der Waals surface area contributed by atoms with Gasteiger partial charge >= 0.3 is 0 Å². The Kier molecular flexibility index (Phi) is 5.50. The van der Waals surface area contributed by atoms with Gasteiger partial charge in [0.25, 0.3) is 0 Å². The van der Waals surface area contributed by atoms with Crippen molar-refractivity contribution in [3.63, 3.8) is 0 Å². The molecule has 4 aliphatic carbocycles. The Hall–Kier alpha value is -1.63. The van der Waals surface area contributed by atoms with Crippen LogP contribution < -0.4 is 0 Å². The first kappa shape index (κ1) is 19.3. The summed E-state index contributed by atoms with van der Waals surface area (Å²) in [6.07, 6.45) is 15.3. The molecule has 4 saturated carbocycles. The highest BCUT2D eigenvalue weighted by molar-refractivity contribution is 5.85. The predicted octanol–water partition coefficient (Wildman–Crippen LogP) is 3.92. The molecule has 7 aliphatic rings. The molecule has 7 rings (SSSR count). The van der Waals surface area contributed by atoms with E-state index in [1.165, 1.54) is 64.2 Å². The molecule has 0 N–H and O–H groups in total. The Morgan fingerprint density at radius 3 is 1.52 bits per heavy atom. The minimum Gasteiger partial charge on any atom is -0.479 e. The molecule has 0 aromatic heterocycles. The van der Waals surface area contributed by atoms with Gasteiger partial charge in [-0.2, -0.15) is 4.89 Å². The van der Waals surface area contributed by atoms with Crippen molar-refractivity contribution in [2.24, 2.45) is 37.8 Å². The quantitative estimate of drug-likeness (QED) is 0.655. The minimum atomic E-state index is 0.418. The SMILES string of the molecule is C1=NOOC1.C1COC(C23CCC(CC2)C3)=N1.C1COC(C23CCC(CC2)C3)=N1. The smallest absolute Gasteiger partial charge is 0.189 e. The standard InChI is InChI=1S/2C10H15NO.C2H3NO2/c2*1-3-10(4-2-8(1)7-10)9-11-5-6-12-9;1-2-4-5-3-1/h2*8H,1-7H2;1H,2H2. The van der Waals surface area contributed by atoms with Crippen molar-refractivity contribution in [2.45, 2.75) is 64.2 Å². The van der Waals surface area contributed by atoms with Crippen LogP contribution in [0.25, 0.3) is 0 Å². The summed E-state index contributed by atoms with van der Waals surface area (Å²) < 4.78 is 11.2. The molecule has 0 saturated heterocycles. The maximum absolute atomic E-state index is 5.61. The summed E-state index contributed by atoms with van der Waals surface area (Å²) in [5, 5.41) is 3.24. The summed E-state index contributed by atoms with van der Waals surface area (Å²) in [6, 6.07) is 0. The van der Waals surface area contributed by atoms with Gasteiger partial charge in [0, 0.05) is 10.8 Å². The molecule has 0 unspecified atom stereocenters. The van der Waals surface area contributed by atoms with Gasteiger partial charge in [0.05, 0.1) is 19.3 Å². The lowest BCUT2D eigenvalue weighted by Gasteiger charge is -2.25. The average molecular weight is 404 g/mol. The van der Waals surface area contributed by atoms with Gasteiger partial charge in [0.1, 0.15) is 19.8 Å². The second kappa shape index (κ2) is 8.25. The third-order valence-corrected chi connectivity index (χ3v) is 7.87. The number of hydrogen-bond donors (Lipinski definition) is 0. The number of nitrogens with zero attached hydrogens (tertiary/aromatic N) is 3. The van der Waals surface area contributed by atoms with Crippen LogP contribution in [0.5, 0.6) is 0 Å². The van der Waals surface area contributed by atoms with E-state index in [4.69, 9.17) is 9.47 Å². The van der Waals surface area contributed by atoms with Crippen LogP contribution in [0, 0.1) is 22.7 Å². The molecule has 160 valence electrons.